The molecule has 4 heteroatoms. The molecule has 0 radical (unpaired) electrons. The van der Waals surface area contributed by atoms with Gasteiger partial charge in [-0.05, 0) is 46.4 Å². The number of carbonyl (C=O) groups excluding carboxylic acids is 1. The Balaban J connectivity index is 1.63. The molecule has 0 aliphatic carbocycles. The summed E-state index contributed by atoms with van der Waals surface area (Å²) in [5.41, 5.74) is 12.1. The molecule has 3 aromatic rings. The van der Waals surface area contributed by atoms with Crippen LogP contribution >= 0.6 is 0 Å². The highest BCUT2D eigenvalue weighted by Crippen LogP contribution is 2.26. The third-order valence-corrected chi connectivity index (χ3v) is 4.75. The van der Waals surface area contributed by atoms with Crippen LogP contribution in [0.2, 0.25) is 0 Å². The standard InChI is InChI=1S/C22H19N3O/c23-22(26)21(16-4-2-1-3-5-16)9-15-8-19(13-24-11-15)17-6-7-18-12-25-14-20(18)10-17/h1-8,10-11,13-14,21H,9,12H2,(H2,23,26). The molecule has 1 aromatic heterocycles. The normalized spacial score (nSPS) is 13.4. The quantitative estimate of drug-likeness (QED) is 0.772. The van der Waals surface area contributed by atoms with Crippen molar-refractivity contribution in [1.29, 1.82) is 0 Å². The zero-order valence-corrected chi connectivity index (χ0v) is 14.3. The Morgan fingerprint density at radius 3 is 2.69 bits per heavy atom. The first-order valence-electron chi connectivity index (χ1n) is 8.62. The van der Waals surface area contributed by atoms with Gasteiger partial charge in [-0.3, -0.25) is 14.8 Å². The lowest BCUT2D eigenvalue weighted by molar-refractivity contribution is -0.119. The number of primary amides is 1. The molecule has 2 heterocycles. The number of rotatable bonds is 5. The van der Waals surface area contributed by atoms with Gasteiger partial charge in [0.05, 0.1) is 12.5 Å². The highest BCUT2D eigenvalue weighted by atomic mass is 16.1. The number of aromatic nitrogens is 1. The van der Waals surface area contributed by atoms with E-state index in [1.165, 1.54) is 5.56 Å². The molecule has 1 aliphatic rings. The molecule has 1 unspecified atom stereocenters. The van der Waals surface area contributed by atoms with Crippen LogP contribution in [0.5, 0.6) is 0 Å². The van der Waals surface area contributed by atoms with Gasteiger partial charge in [-0.15, -0.1) is 0 Å². The summed E-state index contributed by atoms with van der Waals surface area (Å²) in [7, 11) is 0. The van der Waals surface area contributed by atoms with E-state index in [-0.39, 0.29) is 11.8 Å². The molecule has 2 aromatic carbocycles. The van der Waals surface area contributed by atoms with Gasteiger partial charge in [0.2, 0.25) is 5.91 Å². The van der Waals surface area contributed by atoms with Gasteiger partial charge in [-0.2, -0.15) is 0 Å². The van der Waals surface area contributed by atoms with Crippen molar-refractivity contribution in [2.75, 3.05) is 0 Å². The molecule has 4 rings (SSSR count). The Hall–Kier alpha value is -3.27. The minimum absolute atomic E-state index is 0.324. The fourth-order valence-corrected chi connectivity index (χ4v) is 3.34. The largest absolute Gasteiger partial charge is 0.369 e. The maximum Gasteiger partial charge on any atom is 0.225 e. The highest BCUT2D eigenvalue weighted by molar-refractivity contribution is 5.87. The number of benzene rings is 2. The van der Waals surface area contributed by atoms with Crippen LogP contribution in [0.4, 0.5) is 0 Å². The molecule has 0 spiro atoms. The fraction of sp³-hybridized carbons (Fsp3) is 0.136. The van der Waals surface area contributed by atoms with E-state index >= 15 is 0 Å². The van der Waals surface area contributed by atoms with Gasteiger partial charge in [0.25, 0.3) is 0 Å². The number of nitrogens with zero attached hydrogens (tertiary/aromatic N) is 2. The van der Waals surface area contributed by atoms with Crippen molar-refractivity contribution in [2.45, 2.75) is 18.9 Å². The van der Waals surface area contributed by atoms with Gasteiger partial charge >= 0.3 is 0 Å². The second-order valence-electron chi connectivity index (χ2n) is 6.54. The summed E-state index contributed by atoms with van der Waals surface area (Å²) in [6, 6.07) is 18.1. The van der Waals surface area contributed by atoms with Gasteiger partial charge < -0.3 is 5.73 Å². The number of nitrogens with two attached hydrogens (primary N) is 1. The van der Waals surface area contributed by atoms with Crippen molar-refractivity contribution in [2.24, 2.45) is 10.7 Å². The van der Waals surface area contributed by atoms with E-state index < -0.39 is 0 Å². The first-order chi connectivity index (χ1) is 12.7. The lowest BCUT2D eigenvalue weighted by Crippen LogP contribution is -2.23. The first-order valence-corrected chi connectivity index (χ1v) is 8.62. The molecule has 1 amide bonds. The van der Waals surface area contributed by atoms with Gasteiger partial charge in [-0.1, -0.05) is 42.5 Å². The van der Waals surface area contributed by atoms with Crippen LogP contribution in [0.3, 0.4) is 0 Å². The van der Waals surface area contributed by atoms with E-state index in [4.69, 9.17) is 5.73 Å². The average molecular weight is 341 g/mol. The Bertz CT molecular complexity index is 980. The zero-order valence-electron chi connectivity index (χ0n) is 14.3. The summed E-state index contributed by atoms with van der Waals surface area (Å²) in [4.78, 5) is 20.7. The topological polar surface area (TPSA) is 68.3 Å². The van der Waals surface area contributed by atoms with E-state index in [0.717, 1.165) is 34.4 Å². The Kier molecular flexibility index (Phi) is 4.32. The SMILES string of the molecule is NC(=O)C(Cc1cncc(-c2ccc3c(c2)C=NC3)c1)c1ccccc1. The van der Waals surface area contributed by atoms with Crippen molar-refractivity contribution in [3.63, 3.8) is 0 Å². The number of fused-ring (bicyclic) bond motifs is 1. The lowest BCUT2D eigenvalue weighted by Gasteiger charge is -2.14. The predicted molar refractivity (Wildman–Crippen MR) is 103 cm³/mol. The van der Waals surface area contributed by atoms with Crippen molar-refractivity contribution in [1.82, 2.24) is 4.98 Å². The highest BCUT2D eigenvalue weighted by Gasteiger charge is 2.18. The van der Waals surface area contributed by atoms with Gasteiger partial charge in [-0.25, -0.2) is 0 Å². The van der Waals surface area contributed by atoms with Crippen molar-refractivity contribution in [3.05, 3.63) is 89.2 Å². The van der Waals surface area contributed by atoms with Crippen LogP contribution in [-0.2, 0) is 17.8 Å². The number of hydrogen-bond donors (Lipinski definition) is 1. The minimum atomic E-state index is -0.361. The molecular weight excluding hydrogens is 322 g/mol. The summed E-state index contributed by atoms with van der Waals surface area (Å²) in [5, 5.41) is 0. The van der Waals surface area contributed by atoms with E-state index in [9.17, 15) is 4.79 Å². The second-order valence-corrected chi connectivity index (χ2v) is 6.54. The zero-order chi connectivity index (χ0) is 17.9. The maximum absolute atomic E-state index is 12.0. The summed E-state index contributed by atoms with van der Waals surface area (Å²) in [5.74, 6) is -0.684. The predicted octanol–water partition coefficient (Wildman–Crippen LogP) is 3.49. The molecule has 1 atom stereocenters. The average Bonchev–Trinajstić information content (AvgIpc) is 3.14. The molecular formula is C22H19N3O. The molecule has 4 nitrogen and oxygen atoms in total. The molecule has 0 saturated carbocycles. The summed E-state index contributed by atoms with van der Waals surface area (Å²) < 4.78 is 0. The van der Waals surface area contributed by atoms with Crippen LogP contribution in [0, 0.1) is 0 Å². The molecule has 26 heavy (non-hydrogen) atoms. The Morgan fingerprint density at radius 1 is 1.04 bits per heavy atom. The Morgan fingerprint density at radius 2 is 1.88 bits per heavy atom. The van der Waals surface area contributed by atoms with E-state index in [0.29, 0.717) is 6.42 Å². The minimum Gasteiger partial charge on any atom is -0.369 e. The molecule has 128 valence electrons. The van der Waals surface area contributed by atoms with Crippen molar-refractivity contribution >= 4 is 12.1 Å². The maximum atomic E-state index is 12.0. The molecule has 1 aliphatic heterocycles. The second kappa shape index (κ2) is 6.92. The van der Waals surface area contributed by atoms with E-state index in [1.54, 1.807) is 6.20 Å². The monoisotopic (exact) mass is 341 g/mol. The van der Waals surface area contributed by atoms with Crippen LogP contribution in [-0.4, -0.2) is 17.1 Å². The first kappa shape index (κ1) is 16.2. The third kappa shape index (κ3) is 3.26. The number of amides is 1. The third-order valence-electron chi connectivity index (χ3n) is 4.75. The summed E-state index contributed by atoms with van der Waals surface area (Å²) in [6.07, 6.45) is 6.09. The van der Waals surface area contributed by atoms with Gasteiger partial charge in [0.1, 0.15) is 0 Å². The molecule has 2 N–H and O–H groups in total. The van der Waals surface area contributed by atoms with Crippen LogP contribution in [0.25, 0.3) is 11.1 Å². The number of carbonyl (C=O) groups is 1. The van der Waals surface area contributed by atoms with E-state index in [1.807, 2.05) is 42.7 Å². The van der Waals surface area contributed by atoms with E-state index in [2.05, 4.69) is 34.2 Å². The summed E-state index contributed by atoms with van der Waals surface area (Å²) >= 11 is 0. The smallest absolute Gasteiger partial charge is 0.225 e. The van der Waals surface area contributed by atoms with Crippen LogP contribution < -0.4 is 5.73 Å². The summed E-state index contributed by atoms with van der Waals surface area (Å²) in [6.45, 7) is 0.755. The van der Waals surface area contributed by atoms with Crippen LogP contribution in [0.15, 0.2) is 72.0 Å². The van der Waals surface area contributed by atoms with Crippen LogP contribution in [0.1, 0.15) is 28.2 Å². The van der Waals surface area contributed by atoms with Gasteiger partial charge in [0.15, 0.2) is 0 Å². The molecule has 0 saturated heterocycles. The number of aliphatic imine (C=N–C) groups is 1. The fourth-order valence-electron chi connectivity index (χ4n) is 3.34. The lowest BCUT2D eigenvalue weighted by atomic mass is 9.91. The number of pyridine rings is 1. The van der Waals surface area contributed by atoms with Crippen molar-refractivity contribution < 1.29 is 4.79 Å². The van der Waals surface area contributed by atoms with Crippen molar-refractivity contribution in [3.8, 4) is 11.1 Å². The number of hydrogen-bond acceptors (Lipinski definition) is 3. The van der Waals surface area contributed by atoms with Gasteiger partial charge in [0, 0.05) is 24.2 Å². The Labute approximate surface area is 152 Å². The molecule has 0 bridgehead atoms. The molecule has 0 fully saturated rings.